The lowest BCUT2D eigenvalue weighted by Crippen LogP contribution is -2.38. The first kappa shape index (κ1) is 20.6. The van der Waals surface area contributed by atoms with E-state index in [1.165, 1.54) is 13.4 Å². The molecule has 4 rings (SSSR count). The molecule has 2 amide bonds. The fourth-order valence-corrected chi connectivity index (χ4v) is 3.98. The summed E-state index contributed by atoms with van der Waals surface area (Å²) >= 11 is 0. The largest absolute Gasteiger partial charge is 0.496 e. The number of amides is 2. The van der Waals surface area contributed by atoms with Crippen molar-refractivity contribution >= 4 is 23.1 Å². The van der Waals surface area contributed by atoms with E-state index in [-0.39, 0.29) is 29.4 Å². The van der Waals surface area contributed by atoms with Crippen molar-refractivity contribution < 1.29 is 19.4 Å². The van der Waals surface area contributed by atoms with Gasteiger partial charge < -0.3 is 26.6 Å². The zero-order chi connectivity index (χ0) is 22.1. The molecular formula is C21H24N6O4. The molecule has 2 heterocycles. The first-order valence-electron chi connectivity index (χ1n) is 9.98. The van der Waals surface area contributed by atoms with Gasteiger partial charge in [0.15, 0.2) is 5.82 Å². The third-order valence-corrected chi connectivity index (χ3v) is 5.62. The predicted molar refractivity (Wildman–Crippen MR) is 114 cm³/mol. The van der Waals surface area contributed by atoms with Crippen LogP contribution in [0.4, 0.5) is 5.82 Å². The number of hydrogen-bond donors (Lipinski definition) is 4. The summed E-state index contributed by atoms with van der Waals surface area (Å²) in [5, 5.41) is 17.0. The third kappa shape index (κ3) is 3.89. The highest BCUT2D eigenvalue weighted by Crippen LogP contribution is 2.31. The third-order valence-electron chi connectivity index (χ3n) is 5.62. The van der Waals surface area contributed by atoms with Gasteiger partial charge >= 0.3 is 0 Å². The van der Waals surface area contributed by atoms with Gasteiger partial charge in [-0.2, -0.15) is 5.10 Å². The van der Waals surface area contributed by atoms with Crippen LogP contribution in [0, 0.1) is 0 Å². The van der Waals surface area contributed by atoms with Gasteiger partial charge in [0.05, 0.1) is 30.0 Å². The Morgan fingerprint density at radius 3 is 2.61 bits per heavy atom. The molecule has 6 N–H and O–H groups in total. The monoisotopic (exact) mass is 424 g/mol. The standard InChI is InChI=1S/C21H24N6O4/c1-31-17-8-11(2-7-14(17)20(23)29)16-9-15(18-19(22)24-10-25-27(16)18)21(30)26-12-3-5-13(28)6-4-12/h2,7-10,12-13,28H,3-6H2,1H3,(H2,23,29)(H,26,30)(H2,22,24,25)/t12-,13-. The van der Waals surface area contributed by atoms with Gasteiger partial charge in [-0.1, -0.05) is 6.07 Å². The Morgan fingerprint density at radius 2 is 1.94 bits per heavy atom. The molecule has 10 heteroatoms. The number of fused-ring (bicyclic) bond motifs is 1. The molecule has 1 aliphatic carbocycles. The maximum Gasteiger partial charge on any atom is 0.253 e. The molecule has 1 aromatic carbocycles. The van der Waals surface area contributed by atoms with Crippen LogP contribution in [0.3, 0.4) is 0 Å². The molecular weight excluding hydrogens is 400 g/mol. The predicted octanol–water partition coefficient (Wildman–Crippen LogP) is 1.12. The van der Waals surface area contributed by atoms with Crippen molar-refractivity contribution in [3.63, 3.8) is 0 Å². The van der Waals surface area contributed by atoms with Gasteiger partial charge in [-0.05, 0) is 43.9 Å². The molecule has 0 unspecified atom stereocenters. The molecule has 3 aromatic rings. The molecule has 1 saturated carbocycles. The molecule has 2 aromatic heterocycles. The Morgan fingerprint density at radius 1 is 1.19 bits per heavy atom. The van der Waals surface area contributed by atoms with Gasteiger partial charge in [-0.3, -0.25) is 9.59 Å². The van der Waals surface area contributed by atoms with E-state index in [1.807, 2.05) is 0 Å². The van der Waals surface area contributed by atoms with Crippen LogP contribution in [0.5, 0.6) is 5.75 Å². The quantitative estimate of drug-likeness (QED) is 0.478. The van der Waals surface area contributed by atoms with Gasteiger partial charge in [0, 0.05) is 11.6 Å². The number of primary amides is 1. The first-order valence-corrected chi connectivity index (χ1v) is 9.98. The van der Waals surface area contributed by atoms with Crippen LogP contribution in [0.15, 0.2) is 30.6 Å². The number of carbonyl (C=O) groups excluding carboxylic acids is 2. The maximum absolute atomic E-state index is 13.1. The average molecular weight is 424 g/mol. The topological polar surface area (TPSA) is 158 Å². The van der Waals surface area contributed by atoms with Gasteiger partial charge in [-0.25, -0.2) is 9.50 Å². The van der Waals surface area contributed by atoms with Crippen LogP contribution in [0.2, 0.25) is 0 Å². The molecule has 0 bridgehead atoms. The highest BCUT2D eigenvalue weighted by atomic mass is 16.5. The summed E-state index contributed by atoms with van der Waals surface area (Å²) in [6.45, 7) is 0. The molecule has 0 aliphatic heterocycles. The van der Waals surface area contributed by atoms with E-state index < -0.39 is 5.91 Å². The molecule has 10 nitrogen and oxygen atoms in total. The number of nitrogens with zero attached hydrogens (tertiary/aromatic N) is 3. The normalized spacial score (nSPS) is 18.6. The second kappa shape index (κ2) is 8.23. The molecule has 0 atom stereocenters. The summed E-state index contributed by atoms with van der Waals surface area (Å²) < 4.78 is 6.84. The van der Waals surface area contributed by atoms with Crippen molar-refractivity contribution in [1.29, 1.82) is 0 Å². The second-order valence-electron chi connectivity index (χ2n) is 7.61. The zero-order valence-corrected chi connectivity index (χ0v) is 17.0. The number of benzene rings is 1. The van der Waals surface area contributed by atoms with Crippen molar-refractivity contribution in [3.05, 3.63) is 41.7 Å². The van der Waals surface area contributed by atoms with Crippen molar-refractivity contribution in [3.8, 4) is 17.0 Å². The SMILES string of the molecule is COc1cc(-c2cc(C(=O)N[C@H]3CC[C@H](O)CC3)c3c(N)ncnn23)ccc1C(N)=O. The number of hydrogen-bond acceptors (Lipinski definition) is 7. The van der Waals surface area contributed by atoms with Crippen molar-refractivity contribution in [2.75, 3.05) is 12.8 Å². The van der Waals surface area contributed by atoms with Crippen molar-refractivity contribution in [1.82, 2.24) is 19.9 Å². The number of aliphatic hydroxyl groups is 1. The molecule has 0 saturated heterocycles. The highest BCUT2D eigenvalue weighted by Gasteiger charge is 2.25. The summed E-state index contributed by atoms with van der Waals surface area (Å²) in [5.74, 6) is -0.403. The Hall–Kier alpha value is -3.66. The molecule has 1 aliphatic rings. The minimum atomic E-state index is -0.604. The maximum atomic E-state index is 13.1. The number of anilines is 1. The fraction of sp³-hybridized carbons (Fsp3) is 0.333. The lowest BCUT2D eigenvalue weighted by atomic mass is 9.93. The van der Waals surface area contributed by atoms with Crippen LogP contribution in [-0.4, -0.2) is 50.8 Å². The summed E-state index contributed by atoms with van der Waals surface area (Å²) in [5.41, 5.74) is 13.7. The lowest BCUT2D eigenvalue weighted by Gasteiger charge is -2.26. The summed E-state index contributed by atoms with van der Waals surface area (Å²) in [6.07, 6.45) is 3.74. The number of nitrogens with two attached hydrogens (primary N) is 2. The van der Waals surface area contributed by atoms with Crippen LogP contribution in [-0.2, 0) is 0 Å². The van der Waals surface area contributed by atoms with Crippen molar-refractivity contribution in [2.45, 2.75) is 37.8 Å². The number of methoxy groups -OCH3 is 1. The Bertz CT molecular complexity index is 1150. The number of ether oxygens (including phenoxy) is 1. The van der Waals surface area contributed by atoms with E-state index in [0.717, 1.165) is 0 Å². The fourth-order valence-electron chi connectivity index (χ4n) is 3.98. The van der Waals surface area contributed by atoms with E-state index in [4.69, 9.17) is 16.2 Å². The minimum Gasteiger partial charge on any atom is -0.496 e. The number of nitrogen functional groups attached to an aromatic ring is 1. The summed E-state index contributed by atoms with van der Waals surface area (Å²) in [6, 6.07) is 6.59. The van der Waals surface area contributed by atoms with Crippen LogP contribution >= 0.6 is 0 Å². The lowest BCUT2D eigenvalue weighted by molar-refractivity contribution is 0.0869. The summed E-state index contributed by atoms with van der Waals surface area (Å²) in [4.78, 5) is 28.7. The van der Waals surface area contributed by atoms with Crippen LogP contribution in [0.25, 0.3) is 16.8 Å². The average Bonchev–Trinajstić information content (AvgIpc) is 3.16. The highest BCUT2D eigenvalue weighted by molar-refractivity contribution is 6.05. The smallest absolute Gasteiger partial charge is 0.253 e. The number of rotatable bonds is 5. The van der Waals surface area contributed by atoms with E-state index in [9.17, 15) is 14.7 Å². The van der Waals surface area contributed by atoms with Gasteiger partial charge in [-0.15, -0.1) is 0 Å². The molecule has 0 radical (unpaired) electrons. The van der Waals surface area contributed by atoms with E-state index in [1.54, 1.807) is 28.8 Å². The van der Waals surface area contributed by atoms with Gasteiger partial charge in [0.2, 0.25) is 0 Å². The van der Waals surface area contributed by atoms with E-state index in [2.05, 4.69) is 15.4 Å². The van der Waals surface area contributed by atoms with E-state index in [0.29, 0.717) is 53.8 Å². The second-order valence-corrected chi connectivity index (χ2v) is 7.61. The minimum absolute atomic E-state index is 0.0184. The molecule has 1 fully saturated rings. The molecule has 162 valence electrons. The number of aliphatic hydroxyl groups excluding tert-OH is 1. The Kier molecular flexibility index (Phi) is 5.47. The molecule has 0 spiro atoms. The summed E-state index contributed by atoms with van der Waals surface area (Å²) in [7, 11) is 1.45. The Balaban J connectivity index is 1.75. The first-order chi connectivity index (χ1) is 14.9. The van der Waals surface area contributed by atoms with Crippen molar-refractivity contribution in [2.24, 2.45) is 5.73 Å². The van der Waals surface area contributed by atoms with E-state index >= 15 is 0 Å². The van der Waals surface area contributed by atoms with Gasteiger partial charge in [0.25, 0.3) is 11.8 Å². The number of nitrogens with one attached hydrogen (secondary N) is 1. The van der Waals surface area contributed by atoms with Crippen LogP contribution < -0.4 is 21.5 Å². The van der Waals surface area contributed by atoms with Gasteiger partial charge in [0.1, 0.15) is 17.6 Å². The molecule has 31 heavy (non-hydrogen) atoms. The number of carbonyl (C=O) groups is 2. The Labute approximate surface area is 178 Å². The zero-order valence-electron chi connectivity index (χ0n) is 17.0. The van der Waals surface area contributed by atoms with Crippen LogP contribution in [0.1, 0.15) is 46.4 Å². The number of aromatic nitrogens is 3.